The predicted octanol–water partition coefficient (Wildman–Crippen LogP) is 7.37. The lowest BCUT2D eigenvalue weighted by molar-refractivity contribution is -0.697. The third kappa shape index (κ3) is 9.08. The van der Waals surface area contributed by atoms with Crippen molar-refractivity contribution in [3.05, 3.63) is 132 Å². The maximum absolute atomic E-state index is 11.0. The number of aromatic nitrogens is 2. The Morgan fingerprint density at radius 1 is 0.405 bits per heavy atom. The molecule has 0 spiro atoms. The molecule has 4 heteroatoms. The van der Waals surface area contributed by atoms with Gasteiger partial charge in [-0.3, -0.25) is 0 Å². The van der Waals surface area contributed by atoms with Crippen LogP contribution in [0.4, 0.5) is 0 Å². The Labute approximate surface area is 253 Å². The zero-order chi connectivity index (χ0) is 29.7. The number of pyridine rings is 2. The van der Waals surface area contributed by atoms with Gasteiger partial charge in [0.1, 0.15) is 24.3 Å². The molecule has 0 fully saturated rings. The van der Waals surface area contributed by atoms with Crippen molar-refractivity contribution in [1.82, 2.24) is 0 Å². The summed E-state index contributed by atoms with van der Waals surface area (Å²) in [6.07, 6.45) is 21.3. The summed E-state index contributed by atoms with van der Waals surface area (Å²) in [4.78, 5) is 0. The van der Waals surface area contributed by atoms with Gasteiger partial charge in [0.25, 0.3) is 0 Å². The van der Waals surface area contributed by atoms with E-state index in [4.69, 9.17) is 0 Å². The van der Waals surface area contributed by atoms with Gasteiger partial charge in [-0.1, -0.05) is 99.2 Å². The second-order valence-corrected chi connectivity index (χ2v) is 12.1. The molecule has 0 aliphatic heterocycles. The molecule has 0 amide bonds. The first-order chi connectivity index (χ1) is 20.4. The Morgan fingerprint density at radius 3 is 0.976 bits per heavy atom. The van der Waals surface area contributed by atoms with E-state index in [1.54, 1.807) is 0 Å². The van der Waals surface area contributed by atoms with Gasteiger partial charge in [-0.15, -0.1) is 0 Å². The maximum atomic E-state index is 11.0. The molecule has 4 nitrogen and oxygen atoms in total. The average Bonchev–Trinajstić information content (AvgIpc) is 3.03. The van der Waals surface area contributed by atoms with Gasteiger partial charge in [0, 0.05) is 37.1 Å². The molecule has 4 aromatic rings. The van der Waals surface area contributed by atoms with E-state index in [0.717, 1.165) is 35.3 Å². The fourth-order valence-corrected chi connectivity index (χ4v) is 5.72. The minimum absolute atomic E-state index is 0.916. The number of rotatable bonds is 17. The number of aliphatic hydroxyl groups is 2. The van der Waals surface area contributed by atoms with Crippen LogP contribution in [0.15, 0.2) is 110 Å². The monoisotopic (exact) mass is 566 g/mol. The summed E-state index contributed by atoms with van der Waals surface area (Å²) in [5, 5.41) is 22.0. The molecule has 2 unspecified atom stereocenters. The number of unbranched alkanes of at least 4 members (excludes halogenated alkanes) is 9. The number of benzene rings is 2. The van der Waals surface area contributed by atoms with Crippen LogP contribution in [0.1, 0.15) is 100 Å². The third-order valence-electron chi connectivity index (χ3n) is 8.66. The summed E-state index contributed by atoms with van der Waals surface area (Å²) >= 11 is 0. The standard InChI is InChI=1S/C38H50N2O2/c1-37(41,33-19-13-11-14-20-33)35-23-29-39(30-24-35)27-17-9-7-5-3-4-6-8-10-18-28-40-31-25-36(26-32-40)38(2,42)34-21-15-12-16-22-34/h11-16,19-26,29-32,41-42H,3-10,17-18,27-28H2,1-2H3/q+2. The SMILES string of the molecule is CC(O)(c1ccccc1)c1cc[n+](CCCCCCCCCCCC[n+]2ccc(C(C)(O)c3ccccc3)cc2)cc1. The van der Waals surface area contributed by atoms with Crippen LogP contribution in [0.25, 0.3) is 0 Å². The Hall–Kier alpha value is -3.34. The second-order valence-electron chi connectivity index (χ2n) is 12.1. The molecule has 2 aromatic heterocycles. The molecule has 0 aliphatic carbocycles. The van der Waals surface area contributed by atoms with Gasteiger partial charge >= 0.3 is 0 Å². The van der Waals surface area contributed by atoms with Crippen molar-refractivity contribution >= 4 is 0 Å². The van der Waals surface area contributed by atoms with Crippen LogP contribution < -0.4 is 9.13 Å². The van der Waals surface area contributed by atoms with Gasteiger partial charge in [0.15, 0.2) is 24.8 Å². The van der Waals surface area contributed by atoms with Gasteiger partial charge in [-0.2, -0.15) is 0 Å². The summed E-state index contributed by atoms with van der Waals surface area (Å²) in [7, 11) is 0. The Kier molecular flexibility index (Phi) is 11.9. The lowest BCUT2D eigenvalue weighted by Gasteiger charge is -2.23. The first-order valence-electron chi connectivity index (χ1n) is 15.9. The minimum Gasteiger partial charge on any atom is -0.381 e. The summed E-state index contributed by atoms with van der Waals surface area (Å²) in [6, 6.07) is 27.9. The topological polar surface area (TPSA) is 48.2 Å². The first-order valence-corrected chi connectivity index (χ1v) is 15.9. The van der Waals surface area contributed by atoms with Gasteiger partial charge in [0.05, 0.1) is 0 Å². The Balaban J connectivity index is 1.01. The number of hydrogen-bond donors (Lipinski definition) is 2. The molecule has 0 radical (unpaired) electrons. The summed E-state index contributed by atoms with van der Waals surface area (Å²) in [5.41, 5.74) is 1.73. The van der Waals surface area contributed by atoms with Crippen LogP contribution in [-0.4, -0.2) is 10.2 Å². The number of nitrogens with zero attached hydrogens (tertiary/aromatic N) is 2. The molecule has 2 N–H and O–H groups in total. The van der Waals surface area contributed by atoms with E-state index in [9.17, 15) is 10.2 Å². The number of aryl methyl sites for hydroxylation is 2. The first kappa shape index (κ1) is 31.6. The van der Waals surface area contributed by atoms with Gasteiger partial charge in [-0.25, -0.2) is 9.13 Å². The zero-order valence-corrected chi connectivity index (χ0v) is 25.7. The van der Waals surface area contributed by atoms with Crippen molar-refractivity contribution in [2.75, 3.05) is 0 Å². The van der Waals surface area contributed by atoms with Crippen molar-refractivity contribution < 1.29 is 19.3 Å². The van der Waals surface area contributed by atoms with Crippen LogP contribution in [0, 0.1) is 0 Å². The third-order valence-corrected chi connectivity index (χ3v) is 8.66. The Bertz CT molecular complexity index is 1200. The van der Waals surface area contributed by atoms with Crippen LogP contribution in [0.2, 0.25) is 0 Å². The molecule has 4 rings (SSSR count). The molecule has 0 saturated carbocycles. The zero-order valence-electron chi connectivity index (χ0n) is 25.7. The number of hydrogen-bond acceptors (Lipinski definition) is 2. The van der Waals surface area contributed by atoms with E-state index in [1.807, 2.05) is 98.8 Å². The molecule has 0 saturated heterocycles. The molecule has 2 heterocycles. The van der Waals surface area contributed by atoms with E-state index in [-0.39, 0.29) is 0 Å². The lowest BCUT2D eigenvalue weighted by Crippen LogP contribution is -2.34. The smallest absolute Gasteiger partial charge is 0.169 e. The van der Waals surface area contributed by atoms with Crippen molar-refractivity contribution in [2.45, 2.75) is 102 Å². The van der Waals surface area contributed by atoms with Crippen molar-refractivity contribution in [3.8, 4) is 0 Å². The summed E-state index contributed by atoms with van der Waals surface area (Å²) in [5.74, 6) is 0. The lowest BCUT2D eigenvalue weighted by atomic mass is 9.89. The highest BCUT2D eigenvalue weighted by molar-refractivity contribution is 5.34. The van der Waals surface area contributed by atoms with E-state index < -0.39 is 11.2 Å². The highest BCUT2D eigenvalue weighted by atomic mass is 16.3. The maximum Gasteiger partial charge on any atom is 0.169 e. The van der Waals surface area contributed by atoms with Crippen molar-refractivity contribution in [2.24, 2.45) is 0 Å². The van der Waals surface area contributed by atoms with E-state index in [0.29, 0.717) is 0 Å². The molecule has 42 heavy (non-hydrogen) atoms. The molecule has 0 bridgehead atoms. The fraction of sp³-hybridized carbons (Fsp3) is 0.421. The largest absolute Gasteiger partial charge is 0.381 e. The van der Waals surface area contributed by atoms with Crippen LogP contribution in [-0.2, 0) is 24.3 Å². The molecule has 222 valence electrons. The van der Waals surface area contributed by atoms with Crippen LogP contribution in [0.3, 0.4) is 0 Å². The highest BCUT2D eigenvalue weighted by Crippen LogP contribution is 2.29. The van der Waals surface area contributed by atoms with E-state index >= 15 is 0 Å². The Morgan fingerprint density at radius 2 is 0.667 bits per heavy atom. The normalized spacial score (nSPS) is 14.3. The highest BCUT2D eigenvalue weighted by Gasteiger charge is 2.27. The molecular weight excluding hydrogens is 516 g/mol. The van der Waals surface area contributed by atoms with E-state index in [2.05, 4.69) is 33.9 Å². The quantitative estimate of drug-likeness (QED) is 0.104. The fourth-order valence-electron chi connectivity index (χ4n) is 5.72. The summed E-state index contributed by atoms with van der Waals surface area (Å²) in [6.45, 7) is 5.78. The van der Waals surface area contributed by atoms with Crippen molar-refractivity contribution in [1.29, 1.82) is 0 Å². The van der Waals surface area contributed by atoms with Crippen LogP contribution >= 0.6 is 0 Å². The summed E-state index contributed by atoms with van der Waals surface area (Å²) < 4.78 is 4.46. The van der Waals surface area contributed by atoms with Crippen LogP contribution in [0.5, 0.6) is 0 Å². The van der Waals surface area contributed by atoms with E-state index in [1.165, 1.54) is 64.2 Å². The van der Waals surface area contributed by atoms with Gasteiger partial charge in [-0.05, 0) is 48.9 Å². The molecular formula is C38H50N2O2+2. The van der Waals surface area contributed by atoms with Gasteiger partial charge in [0.2, 0.25) is 0 Å². The molecule has 2 atom stereocenters. The van der Waals surface area contributed by atoms with Crippen molar-refractivity contribution in [3.63, 3.8) is 0 Å². The predicted molar refractivity (Wildman–Crippen MR) is 170 cm³/mol. The van der Waals surface area contributed by atoms with Gasteiger partial charge < -0.3 is 10.2 Å². The average molecular weight is 567 g/mol. The second kappa shape index (κ2) is 15.8. The molecule has 2 aromatic carbocycles. The minimum atomic E-state index is -0.974. The molecule has 0 aliphatic rings.